The zero-order valence-corrected chi connectivity index (χ0v) is 24.0. The standard InChI is InChI=1S/C32H33ClN2O3S/c1-20(2)28-16-24(27-9-4-5-10-29(27)33)17-38-32(28)22-11-13-26(14-12-22)37-18-31(36)35-25-8-6-7-23(15-25)30-19-39-21(3)34-30/h4-15,19-20,24,28,32H,16-18H2,1-3H3,(H,35,36)/t24-,28-,32-/m0/s1. The van der Waals surface area contributed by atoms with Crippen molar-refractivity contribution in [2.24, 2.45) is 11.8 Å². The monoisotopic (exact) mass is 560 g/mol. The van der Waals surface area contributed by atoms with Crippen LogP contribution in [0.15, 0.2) is 78.2 Å². The van der Waals surface area contributed by atoms with E-state index in [1.54, 1.807) is 11.3 Å². The summed E-state index contributed by atoms with van der Waals surface area (Å²) in [6.45, 7) is 7.04. The number of hydrogen-bond donors (Lipinski definition) is 1. The Labute approximate surface area is 239 Å². The summed E-state index contributed by atoms with van der Waals surface area (Å²) in [7, 11) is 0. The summed E-state index contributed by atoms with van der Waals surface area (Å²) in [4.78, 5) is 17.1. The van der Waals surface area contributed by atoms with Crippen molar-refractivity contribution in [3.8, 4) is 17.0 Å². The number of amides is 1. The highest BCUT2D eigenvalue weighted by Crippen LogP contribution is 2.44. The number of thiazole rings is 1. The van der Waals surface area contributed by atoms with Gasteiger partial charge in [-0.25, -0.2) is 4.98 Å². The predicted molar refractivity (Wildman–Crippen MR) is 159 cm³/mol. The molecule has 3 aromatic carbocycles. The number of benzene rings is 3. The van der Waals surface area contributed by atoms with Crippen molar-refractivity contribution >= 4 is 34.5 Å². The van der Waals surface area contributed by atoms with Crippen LogP contribution in [0.2, 0.25) is 5.02 Å². The third kappa shape index (κ3) is 6.70. The van der Waals surface area contributed by atoms with E-state index in [1.807, 2.05) is 79.0 Å². The normalized spacial score (nSPS) is 19.2. The molecule has 0 saturated carbocycles. The third-order valence-electron chi connectivity index (χ3n) is 7.26. The largest absolute Gasteiger partial charge is 0.484 e. The minimum atomic E-state index is -0.216. The molecule has 1 N–H and O–H groups in total. The van der Waals surface area contributed by atoms with E-state index in [1.165, 1.54) is 0 Å². The van der Waals surface area contributed by atoms with E-state index in [-0.39, 0.29) is 24.5 Å². The first-order valence-electron chi connectivity index (χ1n) is 13.3. The van der Waals surface area contributed by atoms with Gasteiger partial charge in [-0.05, 0) is 66.6 Å². The molecule has 5 rings (SSSR count). The molecule has 0 bridgehead atoms. The highest BCUT2D eigenvalue weighted by Gasteiger charge is 2.35. The van der Waals surface area contributed by atoms with Gasteiger partial charge in [0.05, 0.1) is 23.4 Å². The Morgan fingerprint density at radius 3 is 2.64 bits per heavy atom. The molecule has 7 heteroatoms. The Morgan fingerprint density at radius 2 is 1.92 bits per heavy atom. The summed E-state index contributed by atoms with van der Waals surface area (Å²) in [5.74, 6) is 1.53. The number of nitrogens with one attached hydrogen (secondary N) is 1. The molecule has 1 aliphatic heterocycles. The van der Waals surface area contributed by atoms with Crippen molar-refractivity contribution in [2.45, 2.75) is 39.2 Å². The van der Waals surface area contributed by atoms with Crippen molar-refractivity contribution in [3.63, 3.8) is 0 Å². The van der Waals surface area contributed by atoms with Gasteiger partial charge in [-0.15, -0.1) is 11.3 Å². The zero-order valence-electron chi connectivity index (χ0n) is 22.4. The lowest BCUT2D eigenvalue weighted by Gasteiger charge is -2.39. The SMILES string of the molecule is Cc1nc(-c2cccc(NC(=O)COc3ccc([C@@H]4OC[C@@H](c5ccccc5Cl)C[C@H]4C(C)C)cc3)c2)cs1. The molecule has 1 amide bonds. The Balaban J connectivity index is 1.18. The predicted octanol–water partition coefficient (Wildman–Crippen LogP) is 8.31. The van der Waals surface area contributed by atoms with E-state index in [2.05, 4.69) is 30.2 Å². The number of hydrogen-bond acceptors (Lipinski definition) is 5. The minimum absolute atomic E-state index is 0.00914. The number of ether oxygens (including phenoxy) is 2. The van der Waals surface area contributed by atoms with E-state index < -0.39 is 0 Å². The molecular weight excluding hydrogens is 528 g/mol. The lowest BCUT2D eigenvalue weighted by atomic mass is 9.76. The summed E-state index contributed by atoms with van der Waals surface area (Å²) in [6, 6.07) is 23.7. The number of nitrogens with zero attached hydrogens (tertiary/aromatic N) is 1. The van der Waals surface area contributed by atoms with Crippen molar-refractivity contribution in [2.75, 3.05) is 18.5 Å². The average Bonchev–Trinajstić information content (AvgIpc) is 3.38. The second kappa shape index (κ2) is 12.3. The summed E-state index contributed by atoms with van der Waals surface area (Å²) >= 11 is 8.09. The van der Waals surface area contributed by atoms with E-state index in [0.717, 1.165) is 38.8 Å². The first-order chi connectivity index (χ1) is 18.9. The summed E-state index contributed by atoms with van der Waals surface area (Å²) in [6.07, 6.45) is 1.03. The van der Waals surface area contributed by atoms with Crippen LogP contribution in [0.3, 0.4) is 0 Å². The zero-order chi connectivity index (χ0) is 27.4. The van der Waals surface area contributed by atoms with E-state index in [4.69, 9.17) is 21.1 Å². The first-order valence-corrected chi connectivity index (χ1v) is 14.5. The molecule has 1 fully saturated rings. The number of aromatic nitrogens is 1. The topological polar surface area (TPSA) is 60.5 Å². The molecule has 1 aromatic heterocycles. The first kappa shape index (κ1) is 27.4. The molecule has 0 radical (unpaired) electrons. The van der Waals surface area contributed by atoms with Crippen molar-refractivity contribution in [1.29, 1.82) is 0 Å². The second-order valence-corrected chi connectivity index (χ2v) is 11.8. The Bertz CT molecular complexity index is 1420. The van der Waals surface area contributed by atoms with Crippen LogP contribution in [0.5, 0.6) is 5.75 Å². The van der Waals surface area contributed by atoms with Crippen LogP contribution in [-0.4, -0.2) is 24.1 Å². The minimum Gasteiger partial charge on any atom is -0.484 e. The van der Waals surface area contributed by atoms with Crippen molar-refractivity contribution in [1.82, 2.24) is 4.98 Å². The van der Waals surface area contributed by atoms with Crippen LogP contribution in [0.1, 0.15) is 48.4 Å². The lowest BCUT2D eigenvalue weighted by Crippen LogP contribution is -2.31. The van der Waals surface area contributed by atoms with Gasteiger partial charge in [0.1, 0.15) is 5.75 Å². The summed E-state index contributed by atoms with van der Waals surface area (Å²) in [5.41, 5.74) is 4.88. The van der Waals surface area contributed by atoms with E-state index >= 15 is 0 Å². The van der Waals surface area contributed by atoms with Crippen LogP contribution in [0.25, 0.3) is 11.3 Å². The van der Waals surface area contributed by atoms with Gasteiger partial charge in [0.25, 0.3) is 5.91 Å². The van der Waals surface area contributed by atoms with Crippen LogP contribution in [-0.2, 0) is 9.53 Å². The molecule has 1 saturated heterocycles. The maximum Gasteiger partial charge on any atom is 0.262 e. The van der Waals surface area contributed by atoms with Crippen molar-refractivity contribution < 1.29 is 14.3 Å². The smallest absolute Gasteiger partial charge is 0.262 e. The Kier molecular flexibility index (Phi) is 8.66. The van der Waals surface area contributed by atoms with Crippen LogP contribution < -0.4 is 10.1 Å². The molecule has 39 heavy (non-hydrogen) atoms. The van der Waals surface area contributed by atoms with Crippen LogP contribution in [0, 0.1) is 18.8 Å². The third-order valence-corrected chi connectivity index (χ3v) is 8.38. The molecule has 4 aromatic rings. The van der Waals surface area contributed by atoms with Gasteiger partial charge in [-0.1, -0.05) is 67.9 Å². The lowest BCUT2D eigenvalue weighted by molar-refractivity contribution is -0.118. The van der Waals surface area contributed by atoms with Crippen LogP contribution in [0.4, 0.5) is 5.69 Å². The van der Waals surface area contributed by atoms with E-state index in [9.17, 15) is 4.79 Å². The fourth-order valence-electron chi connectivity index (χ4n) is 5.20. The summed E-state index contributed by atoms with van der Waals surface area (Å²) in [5, 5.41) is 6.74. The fourth-order valence-corrected chi connectivity index (χ4v) is 6.12. The van der Waals surface area contributed by atoms with Gasteiger partial charge >= 0.3 is 0 Å². The van der Waals surface area contributed by atoms with Gasteiger partial charge in [0.2, 0.25) is 0 Å². The van der Waals surface area contributed by atoms with Crippen molar-refractivity contribution in [3.05, 3.63) is 99.3 Å². The van der Waals surface area contributed by atoms with Crippen LogP contribution >= 0.6 is 22.9 Å². The number of aryl methyl sites for hydroxylation is 1. The second-order valence-electron chi connectivity index (χ2n) is 10.4. The molecule has 0 spiro atoms. The molecule has 5 nitrogen and oxygen atoms in total. The molecule has 2 heterocycles. The molecule has 0 unspecified atom stereocenters. The molecule has 1 aliphatic rings. The van der Waals surface area contributed by atoms with Gasteiger partial charge < -0.3 is 14.8 Å². The number of anilines is 1. The summed E-state index contributed by atoms with van der Waals surface area (Å²) < 4.78 is 12.2. The number of rotatable bonds is 8. The maximum absolute atomic E-state index is 12.6. The Morgan fingerprint density at radius 1 is 1.13 bits per heavy atom. The number of carbonyl (C=O) groups is 1. The number of halogens is 1. The fraction of sp³-hybridized carbons (Fsp3) is 0.312. The van der Waals surface area contributed by atoms with Gasteiger partial charge in [0, 0.05) is 27.6 Å². The molecular formula is C32H33ClN2O3S. The molecule has 0 aliphatic carbocycles. The highest BCUT2D eigenvalue weighted by atomic mass is 35.5. The molecule has 202 valence electrons. The quantitative estimate of drug-likeness (QED) is 0.235. The Hall–Kier alpha value is -3.19. The average molecular weight is 561 g/mol. The molecule has 3 atom stereocenters. The number of carbonyl (C=O) groups excluding carboxylic acids is 1. The van der Waals surface area contributed by atoms with E-state index in [0.29, 0.717) is 29.9 Å². The highest BCUT2D eigenvalue weighted by molar-refractivity contribution is 7.09. The van der Waals surface area contributed by atoms with Gasteiger partial charge in [0.15, 0.2) is 6.61 Å². The van der Waals surface area contributed by atoms with Gasteiger partial charge in [-0.3, -0.25) is 4.79 Å². The van der Waals surface area contributed by atoms with Gasteiger partial charge in [-0.2, -0.15) is 0 Å². The maximum atomic E-state index is 12.6.